The van der Waals surface area contributed by atoms with Crippen molar-refractivity contribution in [3.63, 3.8) is 0 Å². The summed E-state index contributed by atoms with van der Waals surface area (Å²) in [6, 6.07) is 6.19. The van der Waals surface area contributed by atoms with E-state index in [-0.39, 0.29) is 6.29 Å². The summed E-state index contributed by atoms with van der Waals surface area (Å²) in [6.45, 7) is 2.55. The molecule has 2 aromatic carbocycles. The summed E-state index contributed by atoms with van der Waals surface area (Å²) in [7, 11) is 3.34. The Morgan fingerprint density at radius 1 is 1.19 bits per heavy atom. The lowest BCUT2D eigenvalue weighted by Crippen LogP contribution is -2.13. The summed E-state index contributed by atoms with van der Waals surface area (Å²) in [6.07, 6.45) is 1.37. The number of fused-ring (bicyclic) bond motifs is 2. The maximum atomic E-state index is 5.80. The van der Waals surface area contributed by atoms with Crippen LogP contribution in [0.1, 0.15) is 23.0 Å². The number of hydrogen-bond donors (Lipinski definition) is 0. The minimum atomic E-state index is -0.382. The number of methoxy groups -OCH3 is 2. The van der Waals surface area contributed by atoms with Gasteiger partial charge in [0.25, 0.3) is 0 Å². The minimum Gasteiger partial charge on any atom is -0.492 e. The monoisotopic (exact) mass is 284 g/mol. The van der Waals surface area contributed by atoms with Crippen molar-refractivity contribution in [2.24, 2.45) is 0 Å². The molecule has 1 aliphatic rings. The molecule has 4 nitrogen and oxygen atoms in total. The molecule has 2 heterocycles. The first kappa shape index (κ1) is 12.7. The molecule has 4 rings (SSSR count). The van der Waals surface area contributed by atoms with Crippen LogP contribution < -0.4 is 4.74 Å². The van der Waals surface area contributed by atoms with Gasteiger partial charge in [-0.2, -0.15) is 0 Å². The number of rotatable bonds is 2. The molecular weight excluding hydrogens is 268 g/mol. The second-order valence-electron chi connectivity index (χ2n) is 5.29. The number of benzene rings is 2. The molecule has 1 atom stereocenters. The van der Waals surface area contributed by atoms with Crippen LogP contribution in [0.15, 0.2) is 28.9 Å². The Labute approximate surface area is 122 Å². The summed E-state index contributed by atoms with van der Waals surface area (Å²) < 4.78 is 22.8. The highest BCUT2D eigenvalue weighted by molar-refractivity contribution is 6.09. The van der Waals surface area contributed by atoms with E-state index in [0.29, 0.717) is 6.61 Å². The number of furan rings is 1. The summed E-state index contributed by atoms with van der Waals surface area (Å²) in [5, 5.41) is 3.20. The molecule has 0 aliphatic carbocycles. The van der Waals surface area contributed by atoms with Gasteiger partial charge in [0.15, 0.2) is 17.6 Å². The second kappa shape index (κ2) is 4.48. The highest BCUT2D eigenvalue weighted by Crippen LogP contribution is 2.47. The summed E-state index contributed by atoms with van der Waals surface area (Å²) in [5.41, 5.74) is 3.98. The molecule has 0 spiro atoms. The fraction of sp³-hybridized carbons (Fsp3) is 0.294. The predicted octanol–water partition coefficient (Wildman–Crippen LogP) is 4.08. The minimum absolute atomic E-state index is 0.382. The topological polar surface area (TPSA) is 40.8 Å². The zero-order valence-corrected chi connectivity index (χ0v) is 12.2. The fourth-order valence-electron chi connectivity index (χ4n) is 3.28. The van der Waals surface area contributed by atoms with Crippen LogP contribution in [0.25, 0.3) is 21.7 Å². The Morgan fingerprint density at radius 2 is 2.05 bits per heavy atom. The third-order valence-electron chi connectivity index (χ3n) is 4.18. The van der Waals surface area contributed by atoms with E-state index >= 15 is 0 Å². The van der Waals surface area contributed by atoms with Crippen molar-refractivity contribution in [1.82, 2.24) is 0 Å². The highest BCUT2D eigenvalue weighted by atomic mass is 16.7. The zero-order chi connectivity index (χ0) is 14.6. The Balaban J connectivity index is 2.28. The van der Waals surface area contributed by atoms with Crippen LogP contribution in [0, 0.1) is 6.92 Å². The first-order chi connectivity index (χ1) is 10.3. The van der Waals surface area contributed by atoms with Crippen molar-refractivity contribution in [1.29, 1.82) is 0 Å². The van der Waals surface area contributed by atoms with Crippen LogP contribution in [0.4, 0.5) is 0 Å². The molecule has 0 amide bonds. The maximum absolute atomic E-state index is 5.80. The highest BCUT2D eigenvalue weighted by Gasteiger charge is 2.30. The van der Waals surface area contributed by atoms with Crippen molar-refractivity contribution in [3.8, 4) is 5.75 Å². The second-order valence-corrected chi connectivity index (χ2v) is 5.29. The van der Waals surface area contributed by atoms with Gasteiger partial charge in [0.2, 0.25) is 0 Å². The molecule has 1 unspecified atom stereocenters. The van der Waals surface area contributed by atoms with E-state index in [4.69, 9.17) is 18.6 Å². The van der Waals surface area contributed by atoms with Gasteiger partial charge >= 0.3 is 0 Å². The van der Waals surface area contributed by atoms with Crippen LogP contribution in [0.2, 0.25) is 0 Å². The van der Waals surface area contributed by atoms with Crippen molar-refractivity contribution in [3.05, 3.63) is 41.2 Å². The lowest BCUT2D eigenvalue weighted by atomic mass is 9.93. The van der Waals surface area contributed by atoms with Gasteiger partial charge in [-0.05, 0) is 17.9 Å². The first-order valence-corrected chi connectivity index (χ1v) is 6.90. The molecule has 0 fully saturated rings. The molecule has 4 heteroatoms. The van der Waals surface area contributed by atoms with Gasteiger partial charge in [-0.25, -0.2) is 0 Å². The van der Waals surface area contributed by atoms with Crippen LogP contribution >= 0.6 is 0 Å². The molecule has 0 radical (unpaired) electrons. The van der Waals surface area contributed by atoms with E-state index < -0.39 is 0 Å². The average molecular weight is 284 g/mol. The number of aryl methyl sites for hydroxylation is 1. The molecule has 3 aromatic rings. The third kappa shape index (κ3) is 1.57. The Bertz CT molecular complexity index is 847. The van der Waals surface area contributed by atoms with Crippen molar-refractivity contribution < 1.29 is 18.6 Å². The van der Waals surface area contributed by atoms with Gasteiger partial charge in [-0.3, -0.25) is 0 Å². The molecule has 0 bridgehead atoms. The van der Waals surface area contributed by atoms with E-state index in [9.17, 15) is 0 Å². The summed E-state index contributed by atoms with van der Waals surface area (Å²) >= 11 is 0. The van der Waals surface area contributed by atoms with Gasteiger partial charge in [0, 0.05) is 29.0 Å². The standard InChI is InChI=1S/C17H16O4/c1-9-5-4-6-11-12(9)15(18-2)16-13-10(7-20-16)8-21-17(19-3)14(11)13/h4-7,17H,8H2,1-3H3. The number of hydrogen-bond acceptors (Lipinski definition) is 4. The van der Waals surface area contributed by atoms with Crippen LogP contribution in [-0.4, -0.2) is 14.2 Å². The van der Waals surface area contributed by atoms with Crippen molar-refractivity contribution in [2.75, 3.05) is 14.2 Å². The lowest BCUT2D eigenvalue weighted by molar-refractivity contribution is -0.137. The lowest BCUT2D eigenvalue weighted by Gasteiger charge is -2.25. The largest absolute Gasteiger partial charge is 0.492 e. The molecule has 0 N–H and O–H groups in total. The third-order valence-corrected chi connectivity index (χ3v) is 4.18. The first-order valence-electron chi connectivity index (χ1n) is 6.90. The molecule has 1 aliphatic heterocycles. The SMILES string of the molecule is COc1c2occ3c2c(c2cccc(C)c12)C(OC)OC3. The van der Waals surface area contributed by atoms with Gasteiger partial charge < -0.3 is 18.6 Å². The van der Waals surface area contributed by atoms with Gasteiger partial charge in [0.1, 0.15) is 0 Å². The molecular formula is C17H16O4. The Kier molecular flexibility index (Phi) is 2.71. The molecule has 0 saturated heterocycles. The normalized spacial score (nSPS) is 17.6. The average Bonchev–Trinajstić information content (AvgIpc) is 2.93. The van der Waals surface area contributed by atoms with Crippen LogP contribution in [0.5, 0.6) is 5.75 Å². The maximum Gasteiger partial charge on any atom is 0.185 e. The quantitative estimate of drug-likeness (QED) is 0.711. The summed E-state index contributed by atoms with van der Waals surface area (Å²) in [5.74, 6) is 0.782. The van der Waals surface area contributed by atoms with Gasteiger partial charge in [0.05, 0.1) is 20.0 Å². The Hall–Kier alpha value is -2.04. The van der Waals surface area contributed by atoms with E-state index in [1.54, 1.807) is 20.5 Å². The van der Waals surface area contributed by atoms with Crippen LogP contribution in [-0.2, 0) is 16.1 Å². The molecule has 108 valence electrons. The smallest absolute Gasteiger partial charge is 0.185 e. The number of ether oxygens (including phenoxy) is 3. The Morgan fingerprint density at radius 3 is 2.81 bits per heavy atom. The van der Waals surface area contributed by atoms with E-state index in [0.717, 1.165) is 44.2 Å². The fourth-order valence-corrected chi connectivity index (χ4v) is 3.28. The molecule has 0 saturated carbocycles. The van der Waals surface area contributed by atoms with Crippen molar-refractivity contribution in [2.45, 2.75) is 19.8 Å². The van der Waals surface area contributed by atoms with Gasteiger partial charge in [-0.15, -0.1) is 0 Å². The van der Waals surface area contributed by atoms with E-state index in [2.05, 4.69) is 19.1 Å². The summed E-state index contributed by atoms with van der Waals surface area (Å²) in [4.78, 5) is 0. The van der Waals surface area contributed by atoms with E-state index in [1.165, 1.54) is 0 Å². The van der Waals surface area contributed by atoms with Gasteiger partial charge in [-0.1, -0.05) is 18.2 Å². The molecule has 1 aromatic heterocycles. The zero-order valence-electron chi connectivity index (χ0n) is 12.2. The van der Waals surface area contributed by atoms with Crippen molar-refractivity contribution >= 4 is 21.7 Å². The predicted molar refractivity (Wildman–Crippen MR) is 79.5 cm³/mol. The van der Waals surface area contributed by atoms with Crippen LogP contribution in [0.3, 0.4) is 0 Å². The van der Waals surface area contributed by atoms with E-state index in [1.807, 2.05) is 6.07 Å². The molecule has 21 heavy (non-hydrogen) atoms.